The lowest BCUT2D eigenvalue weighted by Gasteiger charge is -2.42. The van der Waals surface area contributed by atoms with Crippen molar-refractivity contribution in [1.82, 2.24) is 14.8 Å². The molecule has 1 amide bonds. The van der Waals surface area contributed by atoms with Gasteiger partial charge in [-0.15, -0.1) is 0 Å². The van der Waals surface area contributed by atoms with E-state index >= 15 is 0 Å². The van der Waals surface area contributed by atoms with E-state index in [9.17, 15) is 4.79 Å². The van der Waals surface area contributed by atoms with Crippen LogP contribution in [0.4, 0.5) is 0 Å². The fourth-order valence-corrected chi connectivity index (χ4v) is 5.04. The summed E-state index contributed by atoms with van der Waals surface area (Å²) < 4.78 is 6.20. The molecule has 31 heavy (non-hydrogen) atoms. The van der Waals surface area contributed by atoms with E-state index in [0.29, 0.717) is 0 Å². The summed E-state index contributed by atoms with van der Waals surface area (Å²) in [5.41, 5.74) is 3.63. The standard InChI is InChI=1S/C26H31N3O2/c30-25-19-31-26(20-29(25)15-10-21-5-2-1-3-6-21)11-4-14-28(16-12-26)18-22-7-8-24-23(17-22)9-13-27-24/h1-3,5-9,13,17,27H,4,10-12,14-16,18-20H2/t26-/m1/s1. The number of nitrogens with one attached hydrogen (secondary N) is 1. The first kappa shape index (κ1) is 20.3. The average Bonchev–Trinajstić information content (AvgIpc) is 3.18. The first-order valence-corrected chi connectivity index (χ1v) is 11.4. The summed E-state index contributed by atoms with van der Waals surface area (Å²) in [6, 6.07) is 19.2. The maximum absolute atomic E-state index is 12.5. The number of H-pyrrole nitrogens is 1. The summed E-state index contributed by atoms with van der Waals surface area (Å²) >= 11 is 0. The maximum atomic E-state index is 12.5. The number of hydrogen-bond donors (Lipinski definition) is 1. The number of nitrogens with zero attached hydrogens (tertiary/aromatic N) is 2. The van der Waals surface area contributed by atoms with E-state index in [1.165, 1.54) is 22.0 Å². The lowest BCUT2D eigenvalue weighted by atomic mass is 9.92. The fraction of sp³-hybridized carbons (Fsp3) is 0.423. The van der Waals surface area contributed by atoms with Gasteiger partial charge in [-0.2, -0.15) is 0 Å². The monoisotopic (exact) mass is 417 g/mol. The van der Waals surface area contributed by atoms with Gasteiger partial charge in [0.25, 0.3) is 0 Å². The summed E-state index contributed by atoms with van der Waals surface area (Å²) in [6.07, 6.45) is 6.00. The van der Waals surface area contributed by atoms with E-state index < -0.39 is 0 Å². The molecule has 2 aromatic carbocycles. The molecule has 3 heterocycles. The van der Waals surface area contributed by atoms with Crippen LogP contribution in [0.2, 0.25) is 0 Å². The predicted molar refractivity (Wildman–Crippen MR) is 123 cm³/mol. The molecule has 5 heteroatoms. The van der Waals surface area contributed by atoms with Crippen molar-refractivity contribution in [2.75, 3.05) is 32.8 Å². The van der Waals surface area contributed by atoms with Gasteiger partial charge in [0.1, 0.15) is 6.61 Å². The number of morpholine rings is 1. The van der Waals surface area contributed by atoms with Gasteiger partial charge in [0.2, 0.25) is 5.91 Å². The van der Waals surface area contributed by atoms with Crippen LogP contribution in [0.25, 0.3) is 10.9 Å². The summed E-state index contributed by atoms with van der Waals surface area (Å²) in [5, 5.41) is 1.27. The van der Waals surface area contributed by atoms with Crippen molar-refractivity contribution in [3.63, 3.8) is 0 Å². The van der Waals surface area contributed by atoms with Crippen molar-refractivity contribution in [1.29, 1.82) is 0 Å². The Hall–Kier alpha value is -2.63. The number of ether oxygens (including phenoxy) is 1. The highest BCUT2D eigenvalue weighted by molar-refractivity contribution is 5.80. The van der Waals surface area contributed by atoms with Crippen LogP contribution in [0.3, 0.4) is 0 Å². The van der Waals surface area contributed by atoms with Gasteiger partial charge in [-0.1, -0.05) is 36.4 Å². The smallest absolute Gasteiger partial charge is 0.248 e. The first-order chi connectivity index (χ1) is 15.2. The van der Waals surface area contributed by atoms with Gasteiger partial charge in [-0.25, -0.2) is 0 Å². The molecule has 2 saturated heterocycles. The number of carbonyl (C=O) groups is 1. The van der Waals surface area contributed by atoms with Crippen molar-refractivity contribution in [3.8, 4) is 0 Å². The number of rotatable bonds is 5. The van der Waals surface area contributed by atoms with Gasteiger partial charge < -0.3 is 14.6 Å². The third kappa shape index (κ3) is 4.68. The Morgan fingerprint density at radius 2 is 1.90 bits per heavy atom. The molecular weight excluding hydrogens is 386 g/mol. The van der Waals surface area contributed by atoms with Crippen LogP contribution in [0.5, 0.6) is 0 Å². The zero-order valence-corrected chi connectivity index (χ0v) is 18.1. The quantitative estimate of drug-likeness (QED) is 0.683. The summed E-state index contributed by atoms with van der Waals surface area (Å²) in [6.45, 7) is 4.77. The molecular formula is C26H31N3O2. The highest BCUT2D eigenvalue weighted by Gasteiger charge is 2.40. The Balaban J connectivity index is 1.20. The first-order valence-electron chi connectivity index (χ1n) is 11.4. The highest BCUT2D eigenvalue weighted by Crippen LogP contribution is 2.31. The zero-order chi connectivity index (χ0) is 21.1. The SMILES string of the molecule is O=C1CO[C@@]2(CCCN(Cc3ccc4[nH]ccc4c3)CC2)CN1CCc1ccccc1. The normalized spacial score (nSPS) is 22.8. The Morgan fingerprint density at radius 3 is 2.81 bits per heavy atom. The molecule has 0 aliphatic carbocycles. The largest absolute Gasteiger partial charge is 0.363 e. The van der Waals surface area contributed by atoms with Crippen molar-refractivity contribution in [3.05, 3.63) is 71.9 Å². The molecule has 2 aliphatic heterocycles. The number of benzene rings is 2. The molecule has 1 spiro atoms. The van der Waals surface area contributed by atoms with E-state index in [4.69, 9.17) is 4.74 Å². The van der Waals surface area contributed by atoms with E-state index in [-0.39, 0.29) is 18.1 Å². The van der Waals surface area contributed by atoms with Crippen molar-refractivity contribution >= 4 is 16.8 Å². The van der Waals surface area contributed by atoms with Crippen molar-refractivity contribution in [2.24, 2.45) is 0 Å². The molecule has 5 nitrogen and oxygen atoms in total. The number of aromatic nitrogens is 1. The number of likely N-dealkylation sites (tertiary alicyclic amines) is 1. The Morgan fingerprint density at radius 1 is 1.00 bits per heavy atom. The van der Waals surface area contributed by atoms with E-state index in [2.05, 4.69) is 58.4 Å². The van der Waals surface area contributed by atoms with E-state index in [1.54, 1.807) is 0 Å². The lowest BCUT2D eigenvalue weighted by Crippen LogP contribution is -2.55. The van der Waals surface area contributed by atoms with Crippen LogP contribution >= 0.6 is 0 Å². The molecule has 162 valence electrons. The van der Waals surface area contributed by atoms with E-state index in [0.717, 1.165) is 58.4 Å². The summed E-state index contributed by atoms with van der Waals surface area (Å²) in [7, 11) is 0. The molecule has 1 atom stereocenters. The molecule has 0 unspecified atom stereocenters. The highest BCUT2D eigenvalue weighted by atomic mass is 16.5. The second kappa shape index (κ2) is 8.85. The number of amides is 1. The van der Waals surface area contributed by atoms with Crippen molar-refractivity contribution < 1.29 is 9.53 Å². The van der Waals surface area contributed by atoms with Gasteiger partial charge in [-0.05, 0) is 66.9 Å². The Bertz CT molecular complexity index is 1030. The minimum atomic E-state index is -0.191. The molecule has 0 bridgehead atoms. The van der Waals surface area contributed by atoms with Gasteiger partial charge in [0.05, 0.1) is 5.60 Å². The topological polar surface area (TPSA) is 48.6 Å². The number of aromatic amines is 1. The van der Waals surface area contributed by atoms with Crippen LogP contribution in [0.1, 0.15) is 30.4 Å². The van der Waals surface area contributed by atoms with Crippen molar-refractivity contribution in [2.45, 2.75) is 37.8 Å². The number of fused-ring (bicyclic) bond motifs is 1. The van der Waals surface area contributed by atoms with E-state index in [1.807, 2.05) is 17.2 Å². The van der Waals surface area contributed by atoms with Crippen LogP contribution in [-0.4, -0.2) is 59.1 Å². The van der Waals surface area contributed by atoms with Crippen LogP contribution in [0, 0.1) is 0 Å². The van der Waals surface area contributed by atoms with Gasteiger partial charge in [0.15, 0.2) is 0 Å². The predicted octanol–water partition coefficient (Wildman–Crippen LogP) is 3.99. The number of carbonyl (C=O) groups excluding carboxylic acids is 1. The third-order valence-corrected chi connectivity index (χ3v) is 6.86. The molecule has 2 fully saturated rings. The molecule has 1 N–H and O–H groups in total. The fourth-order valence-electron chi connectivity index (χ4n) is 5.04. The molecule has 1 aromatic heterocycles. The third-order valence-electron chi connectivity index (χ3n) is 6.86. The Kier molecular flexibility index (Phi) is 5.79. The summed E-state index contributed by atoms with van der Waals surface area (Å²) in [5.74, 6) is 0.127. The Labute approximate surface area is 184 Å². The summed E-state index contributed by atoms with van der Waals surface area (Å²) in [4.78, 5) is 20.3. The van der Waals surface area contributed by atoms with Crippen LogP contribution < -0.4 is 0 Å². The maximum Gasteiger partial charge on any atom is 0.248 e. The molecule has 3 aromatic rings. The minimum absolute atomic E-state index is 0.127. The van der Waals surface area contributed by atoms with Gasteiger partial charge in [-0.3, -0.25) is 9.69 Å². The van der Waals surface area contributed by atoms with Gasteiger partial charge >= 0.3 is 0 Å². The van der Waals surface area contributed by atoms with Gasteiger partial charge in [0, 0.05) is 37.9 Å². The molecule has 2 aliphatic rings. The van der Waals surface area contributed by atoms with Crippen LogP contribution in [-0.2, 0) is 22.5 Å². The molecule has 0 saturated carbocycles. The second-order valence-corrected chi connectivity index (χ2v) is 9.05. The zero-order valence-electron chi connectivity index (χ0n) is 18.1. The van der Waals surface area contributed by atoms with Crippen LogP contribution in [0.15, 0.2) is 60.8 Å². The molecule has 5 rings (SSSR count). The molecule has 0 radical (unpaired) electrons. The number of hydrogen-bond acceptors (Lipinski definition) is 3. The second-order valence-electron chi connectivity index (χ2n) is 9.05. The average molecular weight is 418 g/mol. The minimum Gasteiger partial charge on any atom is -0.363 e. The lowest BCUT2D eigenvalue weighted by molar-refractivity contribution is -0.165.